The molecular formula is C18H22N7+. The Labute approximate surface area is 147 Å². The lowest BCUT2D eigenvalue weighted by Crippen LogP contribution is -3.10. The summed E-state index contributed by atoms with van der Waals surface area (Å²) in [4.78, 5) is 9.94. The third-order valence-electron chi connectivity index (χ3n) is 4.34. The largest absolute Gasteiger partial charge is 0.378 e. The van der Waals surface area contributed by atoms with Crippen molar-refractivity contribution in [2.24, 2.45) is 4.99 Å². The van der Waals surface area contributed by atoms with Gasteiger partial charge in [-0.2, -0.15) is 5.10 Å². The van der Waals surface area contributed by atoms with Crippen molar-refractivity contribution in [3.8, 4) is 0 Å². The van der Waals surface area contributed by atoms with E-state index in [1.54, 1.807) is 0 Å². The highest BCUT2D eigenvalue weighted by Crippen LogP contribution is 2.21. The van der Waals surface area contributed by atoms with Crippen molar-refractivity contribution in [2.45, 2.75) is 6.92 Å². The molecule has 0 saturated carbocycles. The number of anilines is 3. The van der Waals surface area contributed by atoms with E-state index in [0.717, 1.165) is 40.3 Å². The number of aromatic nitrogens is 2. The average Bonchev–Trinajstić information content (AvgIpc) is 3.23. The molecule has 7 heteroatoms. The molecule has 0 spiro atoms. The van der Waals surface area contributed by atoms with E-state index < -0.39 is 0 Å². The Hall–Kier alpha value is -3.06. The van der Waals surface area contributed by atoms with Crippen LogP contribution >= 0.6 is 0 Å². The summed E-state index contributed by atoms with van der Waals surface area (Å²) in [7, 11) is 4.09. The summed E-state index contributed by atoms with van der Waals surface area (Å²) in [6.45, 7) is 2.75. The van der Waals surface area contributed by atoms with Crippen molar-refractivity contribution >= 4 is 23.0 Å². The number of aromatic amines is 1. The lowest BCUT2D eigenvalue weighted by atomic mass is 10.2. The maximum atomic E-state index is 4.52. The van der Waals surface area contributed by atoms with Crippen molar-refractivity contribution in [3.63, 3.8) is 0 Å². The van der Waals surface area contributed by atoms with Gasteiger partial charge in [-0.15, -0.1) is 0 Å². The molecule has 25 heavy (non-hydrogen) atoms. The average molecular weight is 336 g/mol. The first-order valence-electron chi connectivity index (χ1n) is 8.26. The van der Waals surface area contributed by atoms with Crippen LogP contribution in [0.4, 0.5) is 17.2 Å². The molecule has 0 fully saturated rings. The number of aliphatic imine (C=N–C) groups is 1. The molecule has 1 atom stereocenters. The van der Waals surface area contributed by atoms with Gasteiger partial charge in [-0.05, 0) is 31.2 Å². The molecule has 7 nitrogen and oxygen atoms in total. The number of aryl methyl sites for hydroxylation is 1. The molecule has 0 bridgehead atoms. The molecule has 0 radical (unpaired) electrons. The van der Waals surface area contributed by atoms with Crippen molar-refractivity contribution in [1.29, 1.82) is 0 Å². The van der Waals surface area contributed by atoms with Gasteiger partial charge in [0.25, 0.3) is 0 Å². The molecule has 3 heterocycles. The van der Waals surface area contributed by atoms with Gasteiger partial charge in [0.2, 0.25) is 11.7 Å². The first-order chi connectivity index (χ1) is 12.1. The van der Waals surface area contributed by atoms with Crippen LogP contribution in [0.15, 0.2) is 59.7 Å². The molecule has 1 aromatic heterocycles. The highest BCUT2D eigenvalue weighted by molar-refractivity contribution is 5.84. The van der Waals surface area contributed by atoms with Crippen LogP contribution in [0, 0.1) is 6.92 Å². The topological polar surface area (TPSA) is 64.0 Å². The highest BCUT2D eigenvalue weighted by atomic mass is 15.4. The molecule has 2 aliphatic rings. The van der Waals surface area contributed by atoms with Crippen molar-refractivity contribution in [1.82, 2.24) is 10.2 Å². The van der Waals surface area contributed by atoms with Gasteiger partial charge in [0.05, 0.1) is 12.4 Å². The fourth-order valence-electron chi connectivity index (χ4n) is 3.00. The fourth-order valence-corrected chi connectivity index (χ4v) is 3.00. The zero-order chi connectivity index (χ0) is 17.4. The minimum absolute atomic E-state index is 0.758. The second-order valence-corrected chi connectivity index (χ2v) is 6.45. The molecule has 3 N–H and O–H groups in total. The summed E-state index contributed by atoms with van der Waals surface area (Å²) in [6.07, 6.45) is 6.02. The van der Waals surface area contributed by atoms with E-state index in [2.05, 4.69) is 60.8 Å². The van der Waals surface area contributed by atoms with Crippen LogP contribution in [0.3, 0.4) is 0 Å². The second-order valence-electron chi connectivity index (χ2n) is 6.45. The van der Waals surface area contributed by atoms with Gasteiger partial charge in [-0.25, -0.2) is 9.89 Å². The summed E-state index contributed by atoms with van der Waals surface area (Å²) >= 11 is 0. The minimum Gasteiger partial charge on any atom is -0.378 e. The van der Waals surface area contributed by atoms with Crippen LogP contribution in [0.1, 0.15) is 5.69 Å². The van der Waals surface area contributed by atoms with Crippen LogP contribution < -0.4 is 20.0 Å². The van der Waals surface area contributed by atoms with Crippen LogP contribution in [-0.2, 0) is 0 Å². The number of nitrogens with one attached hydrogen (secondary N) is 3. The Balaban J connectivity index is 1.63. The maximum Gasteiger partial charge on any atom is 0.232 e. The second kappa shape index (κ2) is 6.10. The van der Waals surface area contributed by atoms with Crippen LogP contribution in [-0.4, -0.2) is 36.7 Å². The van der Waals surface area contributed by atoms with Gasteiger partial charge >= 0.3 is 0 Å². The van der Waals surface area contributed by atoms with E-state index in [1.807, 2.05) is 39.5 Å². The van der Waals surface area contributed by atoms with Gasteiger partial charge in [-0.1, -0.05) is 0 Å². The molecule has 1 aromatic carbocycles. The Morgan fingerprint density at radius 2 is 2.04 bits per heavy atom. The first kappa shape index (κ1) is 15.5. The quantitative estimate of drug-likeness (QED) is 0.787. The van der Waals surface area contributed by atoms with Crippen LogP contribution in [0.5, 0.6) is 0 Å². The van der Waals surface area contributed by atoms with Gasteiger partial charge in [0, 0.05) is 37.2 Å². The zero-order valence-corrected chi connectivity index (χ0v) is 14.6. The van der Waals surface area contributed by atoms with Crippen LogP contribution in [0.25, 0.3) is 0 Å². The minimum atomic E-state index is 0.758. The van der Waals surface area contributed by atoms with E-state index in [4.69, 9.17) is 0 Å². The molecule has 2 aliphatic heterocycles. The predicted octanol–water partition coefficient (Wildman–Crippen LogP) is 1.28. The van der Waals surface area contributed by atoms with E-state index in [-0.39, 0.29) is 0 Å². The van der Waals surface area contributed by atoms with Gasteiger partial charge in [-0.3, -0.25) is 10.4 Å². The standard InChI is InChI=1S/C18H21N7/c1-13-10-16(22-21-13)20-18-12-24(11-17-19-8-9-25(17)18)15-6-4-14(5-7-15)23(2)3/h4-10,12H,11H2,1-3H3,(H2,20,21,22)/p+1. The number of hydrogen-bond donors (Lipinski definition) is 3. The summed E-state index contributed by atoms with van der Waals surface area (Å²) in [6, 6.07) is 10.5. The Morgan fingerprint density at radius 1 is 1.24 bits per heavy atom. The third kappa shape index (κ3) is 3.01. The molecule has 0 amide bonds. The zero-order valence-electron chi connectivity index (χ0n) is 14.6. The number of rotatable bonds is 4. The molecule has 2 aromatic rings. The molecule has 0 saturated heterocycles. The monoisotopic (exact) mass is 336 g/mol. The number of amidine groups is 1. The van der Waals surface area contributed by atoms with Crippen LogP contribution in [0.2, 0.25) is 0 Å². The third-order valence-corrected chi connectivity index (χ3v) is 4.34. The molecule has 4 rings (SSSR count). The summed E-state index contributed by atoms with van der Waals surface area (Å²) < 4.78 is 0. The number of benzene rings is 1. The smallest absolute Gasteiger partial charge is 0.232 e. The SMILES string of the molecule is Cc1cc(NC2=CN(c3ccc(N(C)C)cc3)CC3=NC=C[NH+]23)n[nH]1. The van der Waals surface area contributed by atoms with E-state index in [9.17, 15) is 0 Å². The van der Waals surface area contributed by atoms with E-state index in [0.29, 0.717) is 0 Å². The maximum absolute atomic E-state index is 4.52. The van der Waals surface area contributed by atoms with Gasteiger partial charge < -0.3 is 9.80 Å². The first-order valence-corrected chi connectivity index (χ1v) is 8.26. The number of nitrogens with zero attached hydrogens (tertiary/aromatic N) is 4. The van der Waals surface area contributed by atoms with Gasteiger partial charge in [0.15, 0.2) is 5.82 Å². The summed E-state index contributed by atoms with van der Waals surface area (Å²) in [5, 5.41) is 10.6. The molecular weight excluding hydrogens is 314 g/mol. The molecule has 1 unspecified atom stereocenters. The number of hydrogen-bond acceptors (Lipinski definition) is 5. The summed E-state index contributed by atoms with van der Waals surface area (Å²) in [5.74, 6) is 2.87. The Bertz CT molecular complexity index is 858. The molecule has 0 aliphatic carbocycles. The lowest BCUT2D eigenvalue weighted by molar-refractivity contribution is -0.698. The van der Waals surface area contributed by atoms with E-state index in [1.165, 1.54) is 5.69 Å². The fraction of sp³-hybridized carbons (Fsp3) is 0.222. The molecule has 128 valence electrons. The number of H-pyrrole nitrogens is 1. The lowest BCUT2D eigenvalue weighted by Gasteiger charge is -2.29. The Morgan fingerprint density at radius 3 is 2.72 bits per heavy atom. The number of quaternary nitrogens is 1. The normalized spacial score (nSPS) is 18.7. The van der Waals surface area contributed by atoms with E-state index >= 15 is 0 Å². The number of fused-ring (bicyclic) bond motifs is 1. The van der Waals surface area contributed by atoms with Crippen molar-refractivity contribution in [2.75, 3.05) is 35.8 Å². The van der Waals surface area contributed by atoms with Crippen molar-refractivity contribution < 1.29 is 4.90 Å². The van der Waals surface area contributed by atoms with Gasteiger partial charge in [0.1, 0.15) is 12.7 Å². The summed E-state index contributed by atoms with van der Waals surface area (Å²) in [5.41, 5.74) is 3.34. The van der Waals surface area contributed by atoms with Crippen molar-refractivity contribution in [3.05, 3.63) is 60.4 Å². The highest BCUT2D eigenvalue weighted by Gasteiger charge is 2.32. The Kier molecular flexibility index (Phi) is 3.77. The predicted molar refractivity (Wildman–Crippen MR) is 101 cm³/mol.